The molecule has 9 heteroatoms. The molecule has 1 saturated heterocycles. The van der Waals surface area contributed by atoms with E-state index in [1.54, 1.807) is 23.3 Å². The number of pyridine rings is 2. The molecule has 0 bridgehead atoms. The van der Waals surface area contributed by atoms with Crippen molar-refractivity contribution in [1.29, 1.82) is 0 Å². The van der Waals surface area contributed by atoms with Crippen LogP contribution in [-0.2, 0) is 4.74 Å². The maximum absolute atomic E-state index is 15.0. The molecule has 0 unspecified atom stereocenters. The quantitative estimate of drug-likeness (QED) is 0.588. The van der Waals surface area contributed by atoms with Crippen LogP contribution in [0.2, 0.25) is 0 Å². The molecule has 2 aliphatic rings. The first kappa shape index (κ1) is 20.1. The molecule has 3 heterocycles. The van der Waals surface area contributed by atoms with E-state index in [2.05, 4.69) is 4.98 Å². The molecule has 1 saturated carbocycles. The van der Waals surface area contributed by atoms with Crippen LogP contribution in [-0.4, -0.2) is 46.6 Å². The highest BCUT2D eigenvalue weighted by Crippen LogP contribution is 2.37. The average molecular weight is 423 g/mol. The second-order valence-corrected chi connectivity index (χ2v) is 8.61. The lowest BCUT2D eigenvalue weighted by molar-refractivity contribution is 0.0375. The molecular weight excluding hydrogens is 399 g/mol. The van der Waals surface area contributed by atoms with Gasteiger partial charge in [-0.2, -0.15) is 0 Å². The number of halogens is 2. The molecule has 0 aromatic carbocycles. The standard InChI is InChI=1S/C20H24ClFN4O3/c1-10(2)29-20(28)14-8-26(12-3-4-12)18-13(17(14)27)5-16(22)19(24-18)25-7-11(6-23)15(21)9-25/h5,8,10-12,15H,3-4,6-7,9,23H2,1-2H3/t11-,15+/m1/s1. The third-order valence-corrected chi connectivity index (χ3v) is 5.90. The molecule has 1 aliphatic heterocycles. The number of anilines is 1. The van der Waals surface area contributed by atoms with E-state index < -0.39 is 17.2 Å². The van der Waals surface area contributed by atoms with Gasteiger partial charge in [0.1, 0.15) is 11.2 Å². The van der Waals surface area contributed by atoms with Crippen molar-refractivity contribution in [2.75, 3.05) is 24.5 Å². The smallest absolute Gasteiger partial charge is 0.343 e. The van der Waals surface area contributed by atoms with Gasteiger partial charge in [0.2, 0.25) is 5.43 Å². The van der Waals surface area contributed by atoms with Crippen molar-refractivity contribution < 1.29 is 13.9 Å². The molecule has 0 amide bonds. The summed E-state index contributed by atoms with van der Waals surface area (Å²) >= 11 is 6.33. The molecule has 0 spiro atoms. The summed E-state index contributed by atoms with van der Waals surface area (Å²) in [6.45, 7) is 4.77. The summed E-state index contributed by atoms with van der Waals surface area (Å²) in [4.78, 5) is 31.6. The number of esters is 1. The molecule has 2 N–H and O–H groups in total. The highest BCUT2D eigenvalue weighted by Gasteiger charge is 2.34. The molecule has 2 fully saturated rings. The van der Waals surface area contributed by atoms with Crippen molar-refractivity contribution in [3.8, 4) is 0 Å². The van der Waals surface area contributed by atoms with E-state index in [-0.39, 0.29) is 40.2 Å². The average Bonchev–Trinajstić information content (AvgIpc) is 3.43. The maximum Gasteiger partial charge on any atom is 0.343 e. The number of fused-ring (bicyclic) bond motifs is 1. The van der Waals surface area contributed by atoms with Crippen LogP contribution in [0, 0.1) is 11.7 Å². The fourth-order valence-electron chi connectivity index (χ4n) is 3.74. The normalized spacial score (nSPS) is 21.9. The van der Waals surface area contributed by atoms with Crippen molar-refractivity contribution in [1.82, 2.24) is 9.55 Å². The van der Waals surface area contributed by atoms with Crippen molar-refractivity contribution in [2.24, 2.45) is 11.7 Å². The van der Waals surface area contributed by atoms with Gasteiger partial charge in [-0.1, -0.05) is 0 Å². The van der Waals surface area contributed by atoms with Gasteiger partial charge in [0.05, 0.1) is 16.9 Å². The van der Waals surface area contributed by atoms with Gasteiger partial charge in [0.15, 0.2) is 11.6 Å². The first-order valence-electron chi connectivity index (χ1n) is 9.85. The summed E-state index contributed by atoms with van der Waals surface area (Å²) < 4.78 is 21.9. The minimum atomic E-state index is -0.707. The fourth-order valence-corrected chi connectivity index (χ4v) is 4.09. The van der Waals surface area contributed by atoms with Crippen molar-refractivity contribution in [3.63, 3.8) is 0 Å². The van der Waals surface area contributed by atoms with Crippen LogP contribution in [0.1, 0.15) is 43.1 Å². The summed E-state index contributed by atoms with van der Waals surface area (Å²) in [5.41, 5.74) is 5.45. The van der Waals surface area contributed by atoms with Crippen molar-refractivity contribution in [3.05, 3.63) is 33.9 Å². The van der Waals surface area contributed by atoms with E-state index in [9.17, 15) is 14.0 Å². The lowest BCUT2D eigenvalue weighted by Crippen LogP contribution is -2.26. The third kappa shape index (κ3) is 3.71. The van der Waals surface area contributed by atoms with E-state index in [4.69, 9.17) is 22.1 Å². The molecule has 29 heavy (non-hydrogen) atoms. The van der Waals surface area contributed by atoms with Gasteiger partial charge in [-0.25, -0.2) is 14.2 Å². The highest BCUT2D eigenvalue weighted by molar-refractivity contribution is 6.21. The Labute approximate surface area is 172 Å². The van der Waals surface area contributed by atoms with Crippen LogP contribution in [0.4, 0.5) is 10.2 Å². The van der Waals surface area contributed by atoms with Gasteiger partial charge in [-0.3, -0.25) is 4.79 Å². The molecule has 7 nitrogen and oxygen atoms in total. The summed E-state index contributed by atoms with van der Waals surface area (Å²) in [6, 6.07) is 1.30. The minimum absolute atomic E-state index is 0.0485. The Hall–Kier alpha value is -2.19. The zero-order valence-corrected chi connectivity index (χ0v) is 17.2. The third-order valence-electron chi connectivity index (χ3n) is 5.41. The molecule has 2 aromatic rings. The Morgan fingerprint density at radius 1 is 1.41 bits per heavy atom. The Morgan fingerprint density at radius 3 is 2.72 bits per heavy atom. The lowest BCUT2D eigenvalue weighted by Gasteiger charge is -2.20. The van der Waals surface area contributed by atoms with E-state index in [0.29, 0.717) is 25.3 Å². The first-order valence-corrected chi connectivity index (χ1v) is 10.3. The number of hydrogen-bond acceptors (Lipinski definition) is 6. The molecule has 1 aliphatic carbocycles. The van der Waals surface area contributed by atoms with Crippen LogP contribution in [0.3, 0.4) is 0 Å². The molecule has 0 radical (unpaired) electrons. The minimum Gasteiger partial charge on any atom is -0.459 e. The molecule has 156 valence electrons. The van der Waals surface area contributed by atoms with Gasteiger partial charge >= 0.3 is 5.97 Å². The summed E-state index contributed by atoms with van der Waals surface area (Å²) in [7, 11) is 0. The van der Waals surface area contributed by atoms with Crippen LogP contribution >= 0.6 is 11.6 Å². The second kappa shape index (κ2) is 7.57. The maximum atomic E-state index is 15.0. The summed E-state index contributed by atoms with van der Waals surface area (Å²) in [5.74, 6) is -1.12. The molecule has 2 aromatic heterocycles. The molecule has 2 atom stereocenters. The van der Waals surface area contributed by atoms with E-state index in [1.165, 1.54) is 12.3 Å². The Kier molecular flexibility index (Phi) is 5.25. The van der Waals surface area contributed by atoms with E-state index in [1.807, 2.05) is 0 Å². The van der Waals surface area contributed by atoms with Crippen LogP contribution in [0.25, 0.3) is 11.0 Å². The summed E-state index contributed by atoms with van der Waals surface area (Å²) in [6.07, 6.45) is 2.96. The molecule has 4 rings (SSSR count). The van der Waals surface area contributed by atoms with Crippen LogP contribution in [0.5, 0.6) is 0 Å². The first-order chi connectivity index (χ1) is 13.8. The van der Waals surface area contributed by atoms with E-state index in [0.717, 1.165) is 12.8 Å². The van der Waals surface area contributed by atoms with Crippen LogP contribution in [0.15, 0.2) is 17.1 Å². The number of alkyl halides is 1. The summed E-state index contributed by atoms with van der Waals surface area (Å²) in [5, 5.41) is -0.107. The lowest BCUT2D eigenvalue weighted by atomic mass is 10.1. The topological polar surface area (TPSA) is 90.5 Å². The number of ether oxygens (including phenoxy) is 1. The van der Waals surface area contributed by atoms with Gasteiger partial charge in [0, 0.05) is 31.2 Å². The number of carbonyl (C=O) groups excluding carboxylic acids is 1. The van der Waals surface area contributed by atoms with Gasteiger partial charge in [-0.15, -0.1) is 11.6 Å². The zero-order chi connectivity index (χ0) is 20.9. The van der Waals surface area contributed by atoms with E-state index >= 15 is 0 Å². The number of aromatic nitrogens is 2. The van der Waals surface area contributed by atoms with Gasteiger partial charge < -0.3 is 19.9 Å². The Balaban J connectivity index is 1.84. The number of hydrogen-bond donors (Lipinski definition) is 1. The zero-order valence-electron chi connectivity index (χ0n) is 16.4. The van der Waals surface area contributed by atoms with Crippen LogP contribution < -0.4 is 16.1 Å². The Morgan fingerprint density at radius 2 is 2.14 bits per heavy atom. The van der Waals surface area contributed by atoms with Gasteiger partial charge in [0.25, 0.3) is 0 Å². The Bertz CT molecular complexity index is 1020. The number of nitrogens with two attached hydrogens (primary N) is 1. The van der Waals surface area contributed by atoms with Crippen molar-refractivity contribution in [2.45, 2.75) is 44.2 Å². The monoisotopic (exact) mass is 422 g/mol. The second-order valence-electron chi connectivity index (χ2n) is 8.05. The number of carbonyl (C=O) groups is 1. The number of rotatable bonds is 5. The number of nitrogens with zero attached hydrogens (tertiary/aromatic N) is 3. The largest absolute Gasteiger partial charge is 0.459 e. The van der Waals surface area contributed by atoms with Gasteiger partial charge in [-0.05, 0) is 39.3 Å². The highest BCUT2D eigenvalue weighted by atomic mass is 35.5. The van der Waals surface area contributed by atoms with Crippen molar-refractivity contribution >= 4 is 34.4 Å². The SMILES string of the molecule is CC(C)OC(=O)c1cn(C2CC2)c2nc(N3C[C@@H](CN)[C@@H](Cl)C3)c(F)cc2c1=O. The fraction of sp³-hybridized carbons (Fsp3) is 0.550. The predicted octanol–water partition coefficient (Wildman–Crippen LogP) is 2.44. The predicted molar refractivity (Wildman–Crippen MR) is 109 cm³/mol. The molecular formula is C20H24ClFN4O3.